The molecule has 0 radical (unpaired) electrons. The smallest absolute Gasteiger partial charge is 0.198 e. The fraction of sp³-hybridized carbons (Fsp3) is 0.250. The number of hydrogen-bond donors (Lipinski definition) is 2. The molecular weight excluding hydrogens is 224 g/mol. The first-order chi connectivity index (χ1) is 7.74. The number of benzene rings is 1. The standard InChI is InChI=1S/C12H11ClN2O/c13-7-1-4-9-10(6-14-8-2-3-8)12(16)15-11(9)5-7/h1,4-6,8,15-16H,2-3H2. The maximum Gasteiger partial charge on any atom is 0.198 e. The Hall–Kier alpha value is -1.48. The van der Waals surface area contributed by atoms with Crippen LogP contribution in [-0.2, 0) is 0 Å². The maximum absolute atomic E-state index is 9.77. The van der Waals surface area contributed by atoms with E-state index in [1.54, 1.807) is 12.3 Å². The Kier molecular flexibility index (Phi) is 2.14. The Labute approximate surface area is 97.8 Å². The van der Waals surface area contributed by atoms with Crippen LogP contribution in [0.3, 0.4) is 0 Å². The Morgan fingerprint density at radius 2 is 2.25 bits per heavy atom. The van der Waals surface area contributed by atoms with Gasteiger partial charge in [-0.25, -0.2) is 0 Å². The minimum atomic E-state index is 0.154. The van der Waals surface area contributed by atoms with Gasteiger partial charge in [0.25, 0.3) is 0 Å². The first-order valence-corrected chi connectivity index (χ1v) is 5.65. The van der Waals surface area contributed by atoms with Gasteiger partial charge in [0.15, 0.2) is 5.88 Å². The van der Waals surface area contributed by atoms with Crippen molar-refractivity contribution in [2.75, 3.05) is 0 Å². The highest BCUT2D eigenvalue weighted by atomic mass is 35.5. The van der Waals surface area contributed by atoms with Crippen LogP contribution >= 0.6 is 11.6 Å². The molecule has 1 aliphatic carbocycles. The summed E-state index contributed by atoms with van der Waals surface area (Å²) in [6, 6.07) is 5.95. The fourth-order valence-electron chi connectivity index (χ4n) is 1.71. The molecule has 1 heterocycles. The SMILES string of the molecule is Oc1[nH]c2cc(Cl)ccc2c1C=NC1CC1. The zero-order valence-electron chi connectivity index (χ0n) is 8.57. The van der Waals surface area contributed by atoms with Crippen LogP contribution in [0.5, 0.6) is 5.88 Å². The number of fused-ring (bicyclic) bond motifs is 1. The zero-order chi connectivity index (χ0) is 11.1. The van der Waals surface area contributed by atoms with Crippen molar-refractivity contribution in [3.8, 4) is 5.88 Å². The van der Waals surface area contributed by atoms with E-state index in [4.69, 9.17) is 11.6 Å². The Bertz CT molecular complexity index is 570. The molecule has 1 aliphatic rings. The molecule has 0 atom stereocenters. The van der Waals surface area contributed by atoms with E-state index in [9.17, 15) is 5.11 Å². The molecule has 0 bridgehead atoms. The summed E-state index contributed by atoms with van der Waals surface area (Å²) in [5.41, 5.74) is 1.58. The van der Waals surface area contributed by atoms with Crippen molar-refractivity contribution < 1.29 is 5.11 Å². The van der Waals surface area contributed by atoms with Crippen LogP contribution in [0, 0.1) is 0 Å². The van der Waals surface area contributed by atoms with Crippen LogP contribution in [0.25, 0.3) is 10.9 Å². The lowest BCUT2D eigenvalue weighted by molar-refractivity contribution is 0.457. The monoisotopic (exact) mass is 234 g/mol. The van der Waals surface area contributed by atoms with Gasteiger partial charge in [0.05, 0.1) is 17.1 Å². The van der Waals surface area contributed by atoms with Gasteiger partial charge in [-0.1, -0.05) is 17.7 Å². The molecule has 16 heavy (non-hydrogen) atoms. The molecule has 4 heteroatoms. The topological polar surface area (TPSA) is 48.4 Å². The normalized spacial score (nSPS) is 16.3. The van der Waals surface area contributed by atoms with E-state index >= 15 is 0 Å². The van der Waals surface area contributed by atoms with Gasteiger partial charge in [0.1, 0.15) is 0 Å². The molecule has 2 N–H and O–H groups in total. The largest absolute Gasteiger partial charge is 0.494 e. The van der Waals surface area contributed by atoms with Crippen LogP contribution < -0.4 is 0 Å². The predicted octanol–water partition coefficient (Wildman–Crippen LogP) is 3.11. The summed E-state index contributed by atoms with van der Waals surface area (Å²) in [7, 11) is 0. The average molecular weight is 235 g/mol. The second-order valence-corrected chi connectivity index (χ2v) is 4.52. The van der Waals surface area contributed by atoms with Gasteiger partial charge in [-0.05, 0) is 25.0 Å². The molecule has 2 aromatic rings. The molecule has 1 aromatic carbocycles. The van der Waals surface area contributed by atoms with Gasteiger partial charge >= 0.3 is 0 Å². The third-order valence-corrected chi connectivity index (χ3v) is 2.98. The molecule has 0 aliphatic heterocycles. The second kappa shape index (κ2) is 3.52. The Morgan fingerprint density at radius 3 is 3.00 bits per heavy atom. The van der Waals surface area contributed by atoms with Gasteiger partial charge in [-0.2, -0.15) is 0 Å². The van der Waals surface area contributed by atoms with Crippen molar-refractivity contribution in [2.45, 2.75) is 18.9 Å². The minimum Gasteiger partial charge on any atom is -0.494 e. The van der Waals surface area contributed by atoms with Crippen molar-refractivity contribution in [1.82, 2.24) is 4.98 Å². The summed E-state index contributed by atoms with van der Waals surface area (Å²) >= 11 is 5.88. The van der Waals surface area contributed by atoms with Crippen LogP contribution in [0.1, 0.15) is 18.4 Å². The van der Waals surface area contributed by atoms with E-state index < -0.39 is 0 Å². The summed E-state index contributed by atoms with van der Waals surface area (Å²) in [6.07, 6.45) is 4.07. The van der Waals surface area contributed by atoms with E-state index in [1.165, 1.54) is 0 Å². The van der Waals surface area contributed by atoms with E-state index in [0.717, 1.165) is 29.3 Å². The van der Waals surface area contributed by atoms with Crippen molar-refractivity contribution >= 4 is 28.7 Å². The molecule has 3 rings (SSSR count). The quantitative estimate of drug-likeness (QED) is 0.771. The number of aliphatic imine (C=N–C) groups is 1. The van der Waals surface area contributed by atoms with Crippen molar-refractivity contribution in [3.05, 3.63) is 28.8 Å². The van der Waals surface area contributed by atoms with Gasteiger partial charge in [0, 0.05) is 16.6 Å². The number of rotatable bonds is 2. The van der Waals surface area contributed by atoms with Crippen LogP contribution in [0.15, 0.2) is 23.2 Å². The van der Waals surface area contributed by atoms with E-state index in [0.29, 0.717) is 11.1 Å². The molecule has 1 saturated carbocycles. The predicted molar refractivity (Wildman–Crippen MR) is 65.6 cm³/mol. The highest BCUT2D eigenvalue weighted by Crippen LogP contribution is 2.29. The van der Waals surface area contributed by atoms with Crippen LogP contribution in [-0.4, -0.2) is 22.3 Å². The van der Waals surface area contributed by atoms with Gasteiger partial charge < -0.3 is 10.1 Å². The van der Waals surface area contributed by atoms with E-state index in [-0.39, 0.29) is 5.88 Å². The summed E-state index contributed by atoms with van der Waals surface area (Å²) in [4.78, 5) is 7.27. The third kappa shape index (κ3) is 1.67. The zero-order valence-corrected chi connectivity index (χ0v) is 9.33. The lowest BCUT2D eigenvalue weighted by atomic mass is 10.2. The molecule has 0 amide bonds. The van der Waals surface area contributed by atoms with Crippen molar-refractivity contribution in [3.63, 3.8) is 0 Å². The first kappa shape index (κ1) is 9.73. The Balaban J connectivity index is 2.11. The van der Waals surface area contributed by atoms with Crippen molar-refractivity contribution in [1.29, 1.82) is 0 Å². The Morgan fingerprint density at radius 1 is 1.44 bits per heavy atom. The summed E-state index contributed by atoms with van der Waals surface area (Å²) in [5.74, 6) is 0.154. The summed E-state index contributed by atoms with van der Waals surface area (Å²) in [5, 5.41) is 11.4. The maximum atomic E-state index is 9.77. The molecule has 82 valence electrons. The lowest BCUT2D eigenvalue weighted by Crippen LogP contribution is -1.82. The second-order valence-electron chi connectivity index (χ2n) is 4.09. The average Bonchev–Trinajstić information content (AvgIpc) is 3.00. The van der Waals surface area contributed by atoms with Gasteiger partial charge in [-0.15, -0.1) is 0 Å². The highest BCUT2D eigenvalue weighted by Gasteiger charge is 2.19. The third-order valence-electron chi connectivity index (χ3n) is 2.74. The van der Waals surface area contributed by atoms with Gasteiger partial charge in [-0.3, -0.25) is 4.99 Å². The number of aromatic amines is 1. The van der Waals surface area contributed by atoms with E-state index in [1.807, 2.05) is 12.1 Å². The molecule has 0 spiro atoms. The molecule has 0 saturated heterocycles. The highest BCUT2D eigenvalue weighted by molar-refractivity contribution is 6.31. The van der Waals surface area contributed by atoms with E-state index in [2.05, 4.69) is 9.98 Å². The fourth-order valence-corrected chi connectivity index (χ4v) is 1.88. The number of hydrogen-bond acceptors (Lipinski definition) is 2. The molecule has 1 fully saturated rings. The number of halogens is 1. The molecule has 3 nitrogen and oxygen atoms in total. The number of nitrogens with one attached hydrogen (secondary N) is 1. The molecule has 0 unspecified atom stereocenters. The van der Waals surface area contributed by atoms with Crippen LogP contribution in [0.2, 0.25) is 5.02 Å². The number of H-pyrrole nitrogens is 1. The lowest BCUT2D eigenvalue weighted by Gasteiger charge is -1.92. The molecule has 1 aromatic heterocycles. The number of aromatic nitrogens is 1. The van der Waals surface area contributed by atoms with Crippen molar-refractivity contribution in [2.24, 2.45) is 4.99 Å². The summed E-state index contributed by atoms with van der Waals surface area (Å²) in [6.45, 7) is 0. The first-order valence-electron chi connectivity index (χ1n) is 5.27. The number of aromatic hydroxyl groups is 1. The van der Waals surface area contributed by atoms with Gasteiger partial charge in [0.2, 0.25) is 0 Å². The summed E-state index contributed by atoms with van der Waals surface area (Å²) < 4.78 is 0. The number of nitrogens with zero attached hydrogens (tertiary/aromatic N) is 1. The minimum absolute atomic E-state index is 0.154. The van der Waals surface area contributed by atoms with Crippen LogP contribution in [0.4, 0.5) is 0 Å². The molecular formula is C12H11ClN2O.